The second kappa shape index (κ2) is 12.7. The van der Waals surface area contributed by atoms with E-state index >= 15 is 0 Å². The third-order valence-corrected chi connectivity index (χ3v) is 7.48. The molecule has 0 aliphatic heterocycles. The van der Waals surface area contributed by atoms with Gasteiger partial charge < -0.3 is 4.74 Å². The molecule has 1 aromatic heterocycles. The van der Waals surface area contributed by atoms with Crippen LogP contribution in [0.2, 0.25) is 0 Å². The van der Waals surface area contributed by atoms with E-state index in [0.29, 0.717) is 0 Å². The van der Waals surface area contributed by atoms with Crippen LogP contribution in [0.4, 0.5) is 0 Å². The number of unbranched alkanes of at least 4 members (excludes halogenated alkanes) is 6. The Morgan fingerprint density at radius 2 is 1.41 bits per heavy atom. The highest BCUT2D eigenvalue weighted by Gasteiger charge is 2.08. The summed E-state index contributed by atoms with van der Waals surface area (Å²) in [7, 11) is 0. The summed E-state index contributed by atoms with van der Waals surface area (Å²) in [5.74, 6) is 0.960. The molecule has 0 radical (unpaired) electrons. The fourth-order valence-electron chi connectivity index (χ4n) is 4.30. The average Bonchev–Trinajstić information content (AvgIpc) is 3.37. The highest BCUT2D eigenvalue weighted by atomic mass is 32.1. The maximum absolute atomic E-state index is 5.96. The summed E-state index contributed by atoms with van der Waals surface area (Å²) in [5.41, 5.74) is 3.86. The van der Waals surface area contributed by atoms with Gasteiger partial charge in [-0.1, -0.05) is 94.8 Å². The van der Waals surface area contributed by atoms with Crippen LogP contribution in [0.1, 0.15) is 70.8 Å². The molecule has 0 unspecified atom stereocenters. The van der Waals surface area contributed by atoms with Gasteiger partial charge >= 0.3 is 0 Å². The number of rotatable bonds is 13. The smallest absolute Gasteiger partial charge is 0.123 e. The zero-order chi connectivity index (χ0) is 23.6. The van der Waals surface area contributed by atoms with Crippen LogP contribution in [-0.2, 0) is 6.42 Å². The van der Waals surface area contributed by atoms with Crippen molar-refractivity contribution in [3.8, 4) is 26.8 Å². The molecule has 0 fully saturated rings. The Morgan fingerprint density at radius 3 is 2.21 bits per heavy atom. The number of ether oxygens (including phenoxy) is 1. The number of hydrogen-bond acceptors (Lipinski definition) is 3. The Hall–Kier alpha value is -2.65. The van der Waals surface area contributed by atoms with Crippen molar-refractivity contribution in [2.75, 3.05) is 6.61 Å². The minimum absolute atomic E-state index is 0.797. The Kier molecular flexibility index (Phi) is 9.15. The Morgan fingerprint density at radius 1 is 0.706 bits per heavy atom. The highest BCUT2D eigenvalue weighted by molar-refractivity contribution is 7.18. The van der Waals surface area contributed by atoms with Gasteiger partial charge in [-0.2, -0.15) is 0 Å². The highest BCUT2D eigenvalue weighted by Crippen LogP contribution is 2.34. The van der Waals surface area contributed by atoms with Gasteiger partial charge in [-0.25, -0.2) is 4.98 Å². The first-order chi connectivity index (χ1) is 16.8. The molecule has 34 heavy (non-hydrogen) atoms. The van der Waals surface area contributed by atoms with E-state index < -0.39 is 0 Å². The second-order valence-corrected chi connectivity index (χ2v) is 10.2. The zero-order valence-electron chi connectivity index (χ0n) is 20.7. The monoisotopic (exact) mass is 471 g/mol. The summed E-state index contributed by atoms with van der Waals surface area (Å²) in [6.07, 6.45) is 13.3. The summed E-state index contributed by atoms with van der Waals surface area (Å²) in [6, 6.07) is 22.0. The number of fused-ring (bicyclic) bond motifs is 1. The summed E-state index contributed by atoms with van der Waals surface area (Å²) < 4.78 is 5.96. The van der Waals surface area contributed by atoms with Crippen LogP contribution in [0.25, 0.3) is 31.8 Å². The second-order valence-electron chi connectivity index (χ2n) is 9.17. The first kappa shape index (κ1) is 24.5. The fraction of sp³-hybridized carbons (Fsp3) is 0.387. The van der Waals surface area contributed by atoms with Gasteiger partial charge in [-0.05, 0) is 59.4 Å². The molecule has 0 amide bonds. The van der Waals surface area contributed by atoms with Gasteiger partial charge in [0.15, 0.2) is 0 Å². The van der Waals surface area contributed by atoms with Crippen molar-refractivity contribution in [3.05, 3.63) is 72.4 Å². The third-order valence-electron chi connectivity index (χ3n) is 6.39. The first-order valence-electron chi connectivity index (χ1n) is 13.0. The average molecular weight is 472 g/mol. The van der Waals surface area contributed by atoms with E-state index in [9.17, 15) is 0 Å². The minimum atomic E-state index is 0.797. The normalized spacial score (nSPS) is 11.2. The van der Waals surface area contributed by atoms with E-state index in [2.05, 4.69) is 74.5 Å². The van der Waals surface area contributed by atoms with Gasteiger partial charge in [-0.3, -0.25) is 0 Å². The van der Waals surface area contributed by atoms with E-state index in [1.54, 1.807) is 11.3 Å². The van der Waals surface area contributed by atoms with Gasteiger partial charge in [0.25, 0.3) is 0 Å². The molecule has 0 spiro atoms. The summed E-state index contributed by atoms with van der Waals surface area (Å²) in [5, 5.41) is 3.50. The lowest BCUT2D eigenvalue weighted by molar-refractivity contribution is 0.305. The van der Waals surface area contributed by atoms with Crippen LogP contribution in [0, 0.1) is 0 Å². The van der Waals surface area contributed by atoms with Crippen molar-refractivity contribution in [3.63, 3.8) is 0 Å². The molecule has 0 atom stereocenters. The predicted molar refractivity (Wildman–Crippen MR) is 148 cm³/mol. The van der Waals surface area contributed by atoms with Crippen LogP contribution >= 0.6 is 11.3 Å². The molecule has 0 aliphatic carbocycles. The van der Waals surface area contributed by atoms with Crippen LogP contribution in [0.5, 0.6) is 5.75 Å². The number of aromatic nitrogens is 1. The molecule has 3 aromatic carbocycles. The molecule has 0 bridgehead atoms. The molecular weight excluding hydrogens is 434 g/mol. The van der Waals surface area contributed by atoms with E-state index in [4.69, 9.17) is 9.72 Å². The van der Waals surface area contributed by atoms with Crippen molar-refractivity contribution >= 4 is 22.1 Å². The SMILES string of the molecule is CCCCCCOc1ccc2cc(-c3ncc(-c4ccc(CCCCCC)cc4)s3)ccc2c1. The van der Waals surface area contributed by atoms with Crippen molar-refractivity contribution in [2.45, 2.75) is 71.6 Å². The first-order valence-corrected chi connectivity index (χ1v) is 13.8. The number of thiazole rings is 1. The van der Waals surface area contributed by atoms with Crippen LogP contribution in [-0.4, -0.2) is 11.6 Å². The summed E-state index contributed by atoms with van der Waals surface area (Å²) >= 11 is 1.76. The van der Waals surface area contributed by atoms with Crippen LogP contribution in [0.15, 0.2) is 66.9 Å². The standard InChI is InChI=1S/C31H37NOS/c1-3-5-7-9-11-24-12-14-25(15-13-24)30-23-32-31(34-30)28-17-16-27-22-29(19-18-26(27)21-28)33-20-10-8-6-4-2/h12-19,21-23H,3-11,20H2,1-2H3. The van der Waals surface area contributed by atoms with Crippen molar-refractivity contribution in [2.24, 2.45) is 0 Å². The van der Waals surface area contributed by atoms with Crippen molar-refractivity contribution in [1.29, 1.82) is 0 Å². The van der Waals surface area contributed by atoms with Gasteiger partial charge in [0.2, 0.25) is 0 Å². The van der Waals surface area contributed by atoms with E-state index in [1.807, 2.05) is 6.20 Å². The Labute approximate surface area is 209 Å². The van der Waals surface area contributed by atoms with Crippen molar-refractivity contribution in [1.82, 2.24) is 4.98 Å². The van der Waals surface area contributed by atoms with Gasteiger partial charge in [-0.15, -0.1) is 11.3 Å². The molecule has 2 nitrogen and oxygen atoms in total. The lowest BCUT2D eigenvalue weighted by Gasteiger charge is -2.08. The number of nitrogens with zero attached hydrogens (tertiary/aromatic N) is 1. The van der Waals surface area contributed by atoms with Crippen LogP contribution < -0.4 is 4.74 Å². The molecular formula is C31H37NOS. The maximum atomic E-state index is 5.96. The largest absolute Gasteiger partial charge is 0.494 e. The number of hydrogen-bond donors (Lipinski definition) is 0. The molecule has 0 aliphatic rings. The lowest BCUT2D eigenvalue weighted by Crippen LogP contribution is -1.97. The molecule has 0 N–H and O–H groups in total. The molecule has 0 saturated heterocycles. The van der Waals surface area contributed by atoms with Crippen molar-refractivity contribution < 1.29 is 4.74 Å². The minimum Gasteiger partial charge on any atom is -0.494 e. The molecule has 4 aromatic rings. The van der Waals surface area contributed by atoms with Gasteiger partial charge in [0.05, 0.1) is 11.5 Å². The van der Waals surface area contributed by atoms with Gasteiger partial charge in [0, 0.05) is 11.8 Å². The van der Waals surface area contributed by atoms with E-state index in [-0.39, 0.29) is 0 Å². The zero-order valence-corrected chi connectivity index (χ0v) is 21.5. The molecule has 178 valence electrons. The quantitative estimate of drug-likeness (QED) is 0.181. The summed E-state index contributed by atoms with van der Waals surface area (Å²) in [6.45, 7) is 5.29. The molecule has 4 rings (SSSR count). The fourth-order valence-corrected chi connectivity index (χ4v) is 5.22. The van der Waals surface area contributed by atoms with E-state index in [0.717, 1.165) is 23.8 Å². The summed E-state index contributed by atoms with van der Waals surface area (Å²) in [4.78, 5) is 5.96. The predicted octanol–water partition coefficient (Wildman–Crippen LogP) is 9.71. The molecule has 0 saturated carbocycles. The third kappa shape index (κ3) is 6.70. The number of benzene rings is 3. The Bertz CT molecular complexity index is 1160. The van der Waals surface area contributed by atoms with E-state index in [1.165, 1.54) is 83.7 Å². The number of aryl methyl sites for hydroxylation is 1. The van der Waals surface area contributed by atoms with Gasteiger partial charge in [0.1, 0.15) is 10.8 Å². The Balaban J connectivity index is 1.39. The maximum Gasteiger partial charge on any atom is 0.123 e. The van der Waals surface area contributed by atoms with Crippen LogP contribution in [0.3, 0.4) is 0 Å². The lowest BCUT2D eigenvalue weighted by atomic mass is 10.0. The molecule has 3 heteroatoms. The molecule has 1 heterocycles. The topological polar surface area (TPSA) is 22.1 Å².